The molecule has 4 nitrogen and oxygen atoms in total. The highest BCUT2D eigenvalue weighted by molar-refractivity contribution is 5.79. The molecule has 1 saturated carbocycles. The van der Waals surface area contributed by atoms with Crippen molar-refractivity contribution in [3.63, 3.8) is 0 Å². The number of carbonyl (C=O) groups is 1. The molecule has 1 fully saturated rings. The minimum Gasteiger partial charge on any atom is -0.497 e. The van der Waals surface area contributed by atoms with Gasteiger partial charge in [0.25, 0.3) is 0 Å². The maximum absolute atomic E-state index is 11.0. The number of ether oxygens (including phenoxy) is 2. The Balaban J connectivity index is 2.18. The fourth-order valence-electron chi connectivity index (χ4n) is 2.40. The average Bonchev–Trinajstić information content (AvgIpc) is 2.64. The highest BCUT2D eigenvalue weighted by Gasteiger charge is 2.24. The second-order valence-electron chi connectivity index (χ2n) is 4.88. The lowest BCUT2D eigenvalue weighted by atomic mass is 10.1. The summed E-state index contributed by atoms with van der Waals surface area (Å²) in [5, 5.41) is 10.1. The summed E-state index contributed by atoms with van der Waals surface area (Å²) in [5.74, 6) is 1.13. The van der Waals surface area contributed by atoms with E-state index in [0.29, 0.717) is 17.1 Å². The van der Waals surface area contributed by atoms with Crippen molar-refractivity contribution in [3.8, 4) is 11.5 Å². The molecule has 2 atom stereocenters. The van der Waals surface area contributed by atoms with Crippen LogP contribution in [-0.2, 0) is 0 Å². The fourth-order valence-corrected chi connectivity index (χ4v) is 2.40. The Hall–Kier alpha value is -1.55. The zero-order chi connectivity index (χ0) is 13.7. The van der Waals surface area contributed by atoms with Crippen molar-refractivity contribution in [2.45, 2.75) is 44.3 Å². The summed E-state index contributed by atoms with van der Waals surface area (Å²) < 4.78 is 11.0. The van der Waals surface area contributed by atoms with Crippen LogP contribution in [0.2, 0.25) is 0 Å². The van der Waals surface area contributed by atoms with Crippen molar-refractivity contribution in [1.82, 2.24) is 0 Å². The maximum atomic E-state index is 11.0. The molecule has 1 aliphatic rings. The molecule has 104 valence electrons. The third-order valence-corrected chi connectivity index (χ3v) is 3.54. The Bertz CT molecular complexity index is 430. The zero-order valence-corrected chi connectivity index (χ0v) is 11.2. The van der Waals surface area contributed by atoms with E-state index >= 15 is 0 Å². The van der Waals surface area contributed by atoms with Gasteiger partial charge in [-0.3, -0.25) is 4.79 Å². The summed E-state index contributed by atoms with van der Waals surface area (Å²) in [6.45, 7) is 0. The Morgan fingerprint density at radius 2 is 2.05 bits per heavy atom. The number of aldehydes is 1. The van der Waals surface area contributed by atoms with E-state index in [-0.39, 0.29) is 6.10 Å². The molecule has 0 bridgehead atoms. The Morgan fingerprint density at radius 3 is 2.79 bits per heavy atom. The van der Waals surface area contributed by atoms with Crippen LogP contribution in [0.3, 0.4) is 0 Å². The van der Waals surface area contributed by atoms with E-state index in [9.17, 15) is 9.90 Å². The van der Waals surface area contributed by atoms with E-state index < -0.39 is 6.10 Å². The summed E-state index contributed by atoms with van der Waals surface area (Å²) in [7, 11) is 1.57. The molecule has 0 aromatic heterocycles. The number of carbonyl (C=O) groups excluding carboxylic acids is 1. The van der Waals surface area contributed by atoms with Gasteiger partial charge in [0, 0.05) is 6.07 Å². The van der Waals surface area contributed by atoms with Crippen molar-refractivity contribution in [3.05, 3.63) is 23.8 Å². The number of hydrogen-bond donors (Lipinski definition) is 1. The van der Waals surface area contributed by atoms with E-state index in [1.165, 1.54) is 0 Å². The fraction of sp³-hybridized carbons (Fsp3) is 0.533. The van der Waals surface area contributed by atoms with Crippen LogP contribution >= 0.6 is 0 Å². The number of aliphatic hydroxyl groups is 1. The minimum atomic E-state index is -0.465. The van der Waals surface area contributed by atoms with Crippen LogP contribution < -0.4 is 9.47 Å². The molecule has 1 aromatic rings. The molecule has 0 amide bonds. The molecule has 1 N–H and O–H groups in total. The van der Waals surface area contributed by atoms with Gasteiger partial charge in [-0.2, -0.15) is 0 Å². The molecule has 1 aliphatic carbocycles. The van der Waals surface area contributed by atoms with Crippen LogP contribution in [0.25, 0.3) is 0 Å². The monoisotopic (exact) mass is 264 g/mol. The van der Waals surface area contributed by atoms with Gasteiger partial charge in [-0.05, 0) is 31.4 Å². The SMILES string of the molecule is COc1ccc(C=O)c(OC2CCCCCC2O)c1. The van der Waals surface area contributed by atoms with Gasteiger partial charge in [-0.25, -0.2) is 0 Å². The van der Waals surface area contributed by atoms with Gasteiger partial charge in [0.2, 0.25) is 0 Å². The van der Waals surface area contributed by atoms with E-state index in [1.54, 1.807) is 25.3 Å². The lowest BCUT2D eigenvalue weighted by Crippen LogP contribution is -2.30. The van der Waals surface area contributed by atoms with Crippen LogP contribution in [0.15, 0.2) is 18.2 Å². The van der Waals surface area contributed by atoms with Gasteiger partial charge in [0.05, 0.1) is 18.8 Å². The Labute approximate surface area is 113 Å². The normalized spacial score (nSPS) is 23.5. The number of aliphatic hydroxyl groups excluding tert-OH is 1. The van der Waals surface area contributed by atoms with Gasteiger partial charge in [0.15, 0.2) is 6.29 Å². The van der Waals surface area contributed by atoms with Gasteiger partial charge in [-0.15, -0.1) is 0 Å². The summed E-state index contributed by atoms with van der Waals surface area (Å²) in [5.41, 5.74) is 0.484. The lowest BCUT2D eigenvalue weighted by molar-refractivity contribution is 0.0314. The molecule has 0 aliphatic heterocycles. The first-order valence-electron chi connectivity index (χ1n) is 6.72. The Kier molecular flexibility index (Phi) is 4.80. The predicted molar refractivity (Wildman–Crippen MR) is 71.9 cm³/mol. The molecule has 2 rings (SSSR count). The minimum absolute atomic E-state index is 0.242. The van der Waals surface area contributed by atoms with Crippen LogP contribution in [0.4, 0.5) is 0 Å². The van der Waals surface area contributed by atoms with E-state index in [1.807, 2.05) is 0 Å². The van der Waals surface area contributed by atoms with Crippen LogP contribution in [0.1, 0.15) is 42.5 Å². The highest BCUT2D eigenvalue weighted by atomic mass is 16.5. The van der Waals surface area contributed by atoms with Crippen molar-refractivity contribution < 1.29 is 19.4 Å². The van der Waals surface area contributed by atoms with Gasteiger partial charge < -0.3 is 14.6 Å². The van der Waals surface area contributed by atoms with Crippen LogP contribution in [0, 0.1) is 0 Å². The summed E-state index contributed by atoms with van der Waals surface area (Å²) in [4.78, 5) is 11.0. The second kappa shape index (κ2) is 6.57. The average molecular weight is 264 g/mol. The van der Waals surface area contributed by atoms with Gasteiger partial charge >= 0.3 is 0 Å². The van der Waals surface area contributed by atoms with E-state index in [4.69, 9.17) is 9.47 Å². The van der Waals surface area contributed by atoms with Crippen molar-refractivity contribution >= 4 is 6.29 Å². The summed E-state index contributed by atoms with van der Waals surface area (Å²) in [6.07, 6.45) is 4.82. The summed E-state index contributed by atoms with van der Waals surface area (Å²) >= 11 is 0. The van der Waals surface area contributed by atoms with Gasteiger partial charge in [-0.1, -0.05) is 12.8 Å². The molecule has 2 unspecified atom stereocenters. The molecule has 4 heteroatoms. The first-order chi connectivity index (χ1) is 9.24. The first-order valence-corrected chi connectivity index (χ1v) is 6.72. The van der Waals surface area contributed by atoms with E-state index in [0.717, 1.165) is 38.4 Å². The Morgan fingerprint density at radius 1 is 1.26 bits per heavy atom. The third kappa shape index (κ3) is 3.47. The molecule has 0 saturated heterocycles. The largest absolute Gasteiger partial charge is 0.497 e. The zero-order valence-electron chi connectivity index (χ0n) is 11.2. The molecule has 0 heterocycles. The summed E-state index contributed by atoms with van der Waals surface area (Å²) in [6, 6.07) is 5.09. The number of rotatable bonds is 4. The molecule has 0 spiro atoms. The third-order valence-electron chi connectivity index (χ3n) is 3.54. The second-order valence-corrected chi connectivity index (χ2v) is 4.88. The molecular formula is C15H20O4. The molecule has 1 aromatic carbocycles. The van der Waals surface area contributed by atoms with Gasteiger partial charge in [0.1, 0.15) is 17.6 Å². The molecule has 0 radical (unpaired) electrons. The van der Waals surface area contributed by atoms with Crippen molar-refractivity contribution in [2.24, 2.45) is 0 Å². The number of hydrogen-bond acceptors (Lipinski definition) is 4. The first kappa shape index (κ1) is 13.9. The standard InChI is InChI=1S/C15H20O4/c1-18-12-8-7-11(10-16)15(9-12)19-14-6-4-2-3-5-13(14)17/h7-10,13-14,17H,2-6H2,1H3. The topological polar surface area (TPSA) is 55.8 Å². The highest BCUT2D eigenvalue weighted by Crippen LogP contribution is 2.28. The predicted octanol–water partition coefficient (Wildman–Crippen LogP) is 2.58. The quantitative estimate of drug-likeness (QED) is 0.671. The van der Waals surface area contributed by atoms with Crippen molar-refractivity contribution in [2.75, 3.05) is 7.11 Å². The molecule has 19 heavy (non-hydrogen) atoms. The number of benzene rings is 1. The maximum Gasteiger partial charge on any atom is 0.153 e. The lowest BCUT2D eigenvalue weighted by Gasteiger charge is -2.23. The smallest absolute Gasteiger partial charge is 0.153 e. The number of methoxy groups -OCH3 is 1. The van der Waals surface area contributed by atoms with E-state index in [2.05, 4.69) is 0 Å². The molecular weight excluding hydrogens is 244 g/mol. The van der Waals surface area contributed by atoms with Crippen molar-refractivity contribution in [1.29, 1.82) is 0 Å². The van der Waals surface area contributed by atoms with Crippen LogP contribution in [0.5, 0.6) is 11.5 Å². The van der Waals surface area contributed by atoms with Crippen LogP contribution in [-0.4, -0.2) is 30.7 Å².